The van der Waals surface area contributed by atoms with Gasteiger partial charge < -0.3 is 69.3 Å². The topological polar surface area (TPSA) is 397 Å². The monoisotopic (exact) mass is 985 g/mol. The molecule has 0 spiro atoms. The maximum atomic E-state index is 14.0. The number of amides is 9. The van der Waals surface area contributed by atoms with Gasteiger partial charge in [0.2, 0.25) is 53.2 Å². The third-order valence-corrected chi connectivity index (χ3v) is 10.9. The number of carboxylic acids is 2. The van der Waals surface area contributed by atoms with Crippen LogP contribution in [0.5, 0.6) is 0 Å². The van der Waals surface area contributed by atoms with Crippen molar-refractivity contribution in [2.75, 3.05) is 6.61 Å². The van der Waals surface area contributed by atoms with Gasteiger partial charge in [-0.15, -0.1) is 0 Å². The van der Waals surface area contributed by atoms with Crippen LogP contribution in [0.2, 0.25) is 0 Å². The Labute approximate surface area is 404 Å². The Morgan fingerprint density at radius 2 is 0.797 bits per heavy atom. The normalized spacial score (nSPS) is 15.7. The third-order valence-electron chi connectivity index (χ3n) is 10.9. The lowest BCUT2D eigenvalue weighted by Crippen LogP contribution is -2.62. The molecule has 0 fully saturated rings. The number of carbonyl (C=O) groups is 11. The Morgan fingerprint density at radius 3 is 1.20 bits per heavy atom. The van der Waals surface area contributed by atoms with Crippen LogP contribution in [0.1, 0.15) is 128 Å². The number of aliphatic carboxylic acids is 2. The predicted molar refractivity (Wildman–Crippen MR) is 252 cm³/mol. The van der Waals surface area contributed by atoms with Crippen molar-refractivity contribution in [3.8, 4) is 0 Å². The maximum absolute atomic E-state index is 14.0. The molecule has 0 saturated carbocycles. The molecule has 0 aliphatic carbocycles. The fourth-order valence-corrected chi connectivity index (χ4v) is 6.77. The van der Waals surface area contributed by atoms with E-state index in [-0.39, 0.29) is 49.9 Å². The Bertz CT molecular complexity index is 1780. The lowest BCUT2D eigenvalue weighted by atomic mass is 9.95. The number of carboxylic acid groups (broad SMARTS) is 2. The second-order valence-electron chi connectivity index (χ2n) is 19.1. The summed E-state index contributed by atoms with van der Waals surface area (Å²) in [5.74, 6) is -12.2. The number of primary amides is 1. The summed E-state index contributed by atoms with van der Waals surface area (Å²) in [7, 11) is 0. The number of nitrogens with two attached hydrogens (primary N) is 2. The summed E-state index contributed by atoms with van der Waals surface area (Å²) in [5, 5.41) is 49.2. The second-order valence-corrected chi connectivity index (χ2v) is 19.1. The highest BCUT2D eigenvalue weighted by Crippen LogP contribution is 2.14. The molecule has 9 amide bonds. The minimum Gasteiger partial charge on any atom is -0.481 e. The van der Waals surface area contributed by atoms with E-state index in [0.717, 1.165) is 0 Å². The van der Waals surface area contributed by atoms with Gasteiger partial charge in [0.1, 0.15) is 48.3 Å². The molecule has 0 aromatic carbocycles. The first-order valence-corrected chi connectivity index (χ1v) is 23.5. The number of nitrogens with one attached hydrogen (secondary N) is 8. The van der Waals surface area contributed by atoms with Gasteiger partial charge >= 0.3 is 11.9 Å². The van der Waals surface area contributed by atoms with E-state index < -0.39 is 151 Å². The molecular formula is C45H80N10O14. The van der Waals surface area contributed by atoms with Gasteiger partial charge in [0.15, 0.2) is 0 Å². The summed E-state index contributed by atoms with van der Waals surface area (Å²) in [6.45, 7) is 17.5. The van der Waals surface area contributed by atoms with E-state index in [1.54, 1.807) is 55.4 Å². The zero-order valence-corrected chi connectivity index (χ0v) is 41.9. The standard InChI is InChI=1S/C45H80N10O14/c1-12-25(10)36(44(67)49-27(13-15-33(47)57)38(61)52-31(45(68)69)19-23(6)7)55-43(66)35(24(8)9)54-39(62)28(14-16-34(58)59)48-42(65)32(20-56)53-41(64)30(18-22(4)5)51-40(63)29(17-21(2)3)50-37(60)26(11)46/h21-32,35-36,56H,12-20,46H2,1-11H3,(H2,47,57)(H,48,65)(H,49,67)(H,50,60)(H,51,63)(H,52,61)(H,53,64)(H,54,62)(H,55,66)(H,58,59)(H,68,69)/t25-,26-,27-,28-,29-,30-,31-,32-,35-,36-/m0/s1. The van der Waals surface area contributed by atoms with Crippen LogP contribution in [0.15, 0.2) is 0 Å². The van der Waals surface area contributed by atoms with E-state index in [0.29, 0.717) is 6.42 Å². The molecule has 69 heavy (non-hydrogen) atoms. The molecule has 0 aromatic heterocycles. The Balaban J connectivity index is 6.52. The molecule has 15 N–H and O–H groups in total. The highest BCUT2D eigenvalue weighted by atomic mass is 16.4. The molecule has 0 rings (SSSR count). The number of hydrogen-bond donors (Lipinski definition) is 13. The molecule has 0 heterocycles. The summed E-state index contributed by atoms with van der Waals surface area (Å²) in [5.41, 5.74) is 11.0. The first-order chi connectivity index (χ1) is 31.9. The van der Waals surface area contributed by atoms with Crippen molar-refractivity contribution in [3.63, 3.8) is 0 Å². The Hall–Kier alpha value is -5.91. The summed E-state index contributed by atoms with van der Waals surface area (Å²) in [6.07, 6.45) is -1.21. The van der Waals surface area contributed by atoms with Crippen LogP contribution in [0.4, 0.5) is 0 Å². The molecule has 394 valence electrons. The third kappa shape index (κ3) is 24.3. The molecule has 24 nitrogen and oxygen atoms in total. The molecule has 24 heteroatoms. The van der Waals surface area contributed by atoms with E-state index in [9.17, 15) is 68.1 Å². The fourth-order valence-electron chi connectivity index (χ4n) is 6.77. The SMILES string of the molecule is CC[C@H](C)[C@H](NC(=O)[C@@H](NC(=O)[C@H](CCC(=O)O)NC(=O)[C@H](CO)NC(=O)[C@H](CC(C)C)NC(=O)[C@H](CC(C)C)NC(=O)[C@H](C)N)C(C)C)C(=O)N[C@@H](CCC(N)=O)C(=O)N[C@@H](CC(C)C)C(=O)O. The van der Waals surface area contributed by atoms with Crippen molar-refractivity contribution in [1.29, 1.82) is 0 Å². The van der Waals surface area contributed by atoms with Crippen LogP contribution in [0, 0.1) is 29.6 Å². The van der Waals surface area contributed by atoms with Crippen molar-refractivity contribution >= 4 is 65.1 Å². The highest BCUT2D eigenvalue weighted by molar-refractivity contribution is 5.98. The Morgan fingerprint density at radius 1 is 0.449 bits per heavy atom. The molecule has 0 saturated heterocycles. The molecule has 0 aliphatic rings. The van der Waals surface area contributed by atoms with Crippen LogP contribution >= 0.6 is 0 Å². The van der Waals surface area contributed by atoms with Crippen LogP contribution in [-0.4, -0.2) is 141 Å². The maximum Gasteiger partial charge on any atom is 0.326 e. The van der Waals surface area contributed by atoms with E-state index in [1.807, 2.05) is 13.8 Å². The van der Waals surface area contributed by atoms with Gasteiger partial charge in [-0.1, -0.05) is 75.7 Å². The first-order valence-electron chi connectivity index (χ1n) is 23.5. The molecule has 0 aromatic rings. The van der Waals surface area contributed by atoms with Gasteiger partial charge in [-0.2, -0.15) is 0 Å². The lowest BCUT2D eigenvalue weighted by molar-refractivity contribution is -0.143. The van der Waals surface area contributed by atoms with E-state index >= 15 is 0 Å². The number of carbonyl (C=O) groups excluding carboxylic acids is 9. The summed E-state index contributed by atoms with van der Waals surface area (Å²) >= 11 is 0. The van der Waals surface area contributed by atoms with Crippen LogP contribution < -0.4 is 54.0 Å². The largest absolute Gasteiger partial charge is 0.481 e. The van der Waals surface area contributed by atoms with Crippen LogP contribution in [0.3, 0.4) is 0 Å². The molecule has 10 atom stereocenters. The molecule has 0 bridgehead atoms. The van der Waals surface area contributed by atoms with Crippen molar-refractivity contribution in [1.82, 2.24) is 42.5 Å². The lowest BCUT2D eigenvalue weighted by Gasteiger charge is -2.30. The minimum atomic E-state index is -1.73. The van der Waals surface area contributed by atoms with E-state index in [2.05, 4.69) is 42.5 Å². The van der Waals surface area contributed by atoms with Gasteiger partial charge in [-0.25, -0.2) is 4.79 Å². The van der Waals surface area contributed by atoms with Crippen molar-refractivity contribution in [3.05, 3.63) is 0 Å². The predicted octanol–water partition coefficient (Wildman–Crippen LogP) is -1.74. The average Bonchev–Trinajstić information content (AvgIpc) is 3.24. The van der Waals surface area contributed by atoms with Gasteiger partial charge in [-0.3, -0.25) is 47.9 Å². The zero-order valence-electron chi connectivity index (χ0n) is 41.9. The smallest absolute Gasteiger partial charge is 0.326 e. The van der Waals surface area contributed by atoms with Gasteiger partial charge in [-0.05, 0) is 68.6 Å². The van der Waals surface area contributed by atoms with E-state index in [1.165, 1.54) is 6.92 Å². The fraction of sp³-hybridized carbons (Fsp3) is 0.756. The quantitative estimate of drug-likeness (QED) is 0.0347. The molecule has 0 radical (unpaired) electrons. The number of hydrogen-bond acceptors (Lipinski definition) is 13. The first kappa shape index (κ1) is 63.1. The zero-order chi connectivity index (χ0) is 53.5. The number of aliphatic hydroxyl groups excluding tert-OH is 1. The van der Waals surface area contributed by atoms with Crippen LogP contribution in [0.25, 0.3) is 0 Å². The molecule has 0 unspecified atom stereocenters. The molecular weight excluding hydrogens is 905 g/mol. The average molecular weight is 985 g/mol. The highest BCUT2D eigenvalue weighted by Gasteiger charge is 2.37. The van der Waals surface area contributed by atoms with Crippen molar-refractivity contribution in [2.24, 2.45) is 41.1 Å². The van der Waals surface area contributed by atoms with Crippen molar-refractivity contribution in [2.45, 2.75) is 182 Å². The Kier molecular flexibility index (Phi) is 28.6. The summed E-state index contributed by atoms with van der Waals surface area (Å²) in [6, 6.07) is -12.2. The second kappa shape index (κ2) is 31.3. The molecule has 0 aliphatic heterocycles. The number of aliphatic hydroxyl groups is 1. The summed E-state index contributed by atoms with van der Waals surface area (Å²) < 4.78 is 0. The summed E-state index contributed by atoms with van der Waals surface area (Å²) in [4.78, 5) is 143. The van der Waals surface area contributed by atoms with Gasteiger partial charge in [0, 0.05) is 12.8 Å². The number of rotatable bonds is 33. The van der Waals surface area contributed by atoms with E-state index in [4.69, 9.17) is 11.5 Å². The van der Waals surface area contributed by atoms with Crippen molar-refractivity contribution < 1.29 is 68.1 Å². The minimum absolute atomic E-state index is 0.0588. The van der Waals surface area contributed by atoms with Crippen LogP contribution in [-0.2, 0) is 52.7 Å². The van der Waals surface area contributed by atoms with Gasteiger partial charge in [0.25, 0.3) is 0 Å². The van der Waals surface area contributed by atoms with Gasteiger partial charge in [0.05, 0.1) is 12.6 Å².